The average molecular weight is 273 g/mol. The van der Waals surface area contributed by atoms with E-state index in [4.69, 9.17) is 9.52 Å². The van der Waals surface area contributed by atoms with Gasteiger partial charge in [0.05, 0.1) is 0 Å². The lowest BCUT2D eigenvalue weighted by molar-refractivity contribution is 0.244. The van der Waals surface area contributed by atoms with Gasteiger partial charge < -0.3 is 9.52 Å². The second-order valence-corrected chi connectivity index (χ2v) is 7.12. The monoisotopic (exact) mass is 273 g/mol. The molecule has 0 atom stereocenters. The van der Waals surface area contributed by atoms with E-state index in [2.05, 4.69) is 0 Å². The fraction of sp³-hybridized carbons (Fsp3) is 0.667. The SMILES string of the molecule is Cc1oc(CO)cc1S(=O)(=O)N1CCCC1(C)C. The number of hydrogen-bond acceptors (Lipinski definition) is 4. The molecule has 18 heavy (non-hydrogen) atoms. The summed E-state index contributed by atoms with van der Waals surface area (Å²) in [5.41, 5.74) is -0.359. The molecule has 1 fully saturated rings. The molecule has 2 rings (SSSR count). The number of aryl methyl sites for hydroxylation is 1. The summed E-state index contributed by atoms with van der Waals surface area (Å²) in [6.07, 6.45) is 1.73. The first-order valence-electron chi connectivity index (χ1n) is 6.02. The summed E-state index contributed by atoms with van der Waals surface area (Å²) < 4.78 is 31.9. The molecule has 0 bridgehead atoms. The maximum atomic E-state index is 12.6. The van der Waals surface area contributed by atoms with Crippen LogP contribution in [0.15, 0.2) is 15.4 Å². The average Bonchev–Trinajstić information content (AvgIpc) is 2.81. The van der Waals surface area contributed by atoms with Crippen molar-refractivity contribution in [3.63, 3.8) is 0 Å². The Labute approximate surface area is 107 Å². The summed E-state index contributed by atoms with van der Waals surface area (Å²) in [5, 5.41) is 9.01. The zero-order chi connectivity index (χ0) is 13.6. The lowest BCUT2D eigenvalue weighted by Gasteiger charge is -2.30. The highest BCUT2D eigenvalue weighted by molar-refractivity contribution is 7.89. The van der Waals surface area contributed by atoms with E-state index in [9.17, 15) is 8.42 Å². The van der Waals surface area contributed by atoms with Gasteiger partial charge in [0, 0.05) is 18.2 Å². The van der Waals surface area contributed by atoms with Gasteiger partial charge in [-0.05, 0) is 33.6 Å². The van der Waals surface area contributed by atoms with Gasteiger partial charge in [-0.2, -0.15) is 4.31 Å². The van der Waals surface area contributed by atoms with Crippen LogP contribution in [0.4, 0.5) is 0 Å². The van der Waals surface area contributed by atoms with Gasteiger partial charge in [0.25, 0.3) is 0 Å². The number of sulfonamides is 1. The summed E-state index contributed by atoms with van der Waals surface area (Å²) in [5.74, 6) is 0.616. The van der Waals surface area contributed by atoms with Crippen LogP contribution < -0.4 is 0 Å². The number of nitrogens with zero attached hydrogens (tertiary/aromatic N) is 1. The van der Waals surface area contributed by atoms with Crippen molar-refractivity contribution in [2.45, 2.75) is 50.7 Å². The van der Waals surface area contributed by atoms with Gasteiger partial charge in [-0.3, -0.25) is 0 Å². The number of aliphatic hydroxyl groups excluding tert-OH is 1. The fourth-order valence-electron chi connectivity index (χ4n) is 2.51. The van der Waals surface area contributed by atoms with Gasteiger partial charge in [-0.15, -0.1) is 0 Å². The zero-order valence-corrected chi connectivity index (χ0v) is 11.7. The second-order valence-electron chi connectivity index (χ2n) is 5.28. The van der Waals surface area contributed by atoms with Crippen molar-refractivity contribution >= 4 is 10.0 Å². The van der Waals surface area contributed by atoms with E-state index in [-0.39, 0.29) is 22.8 Å². The third-order valence-corrected chi connectivity index (χ3v) is 5.69. The predicted molar refractivity (Wildman–Crippen MR) is 66.6 cm³/mol. The van der Waals surface area contributed by atoms with Crippen molar-refractivity contribution in [2.24, 2.45) is 0 Å². The smallest absolute Gasteiger partial charge is 0.247 e. The van der Waals surface area contributed by atoms with Crippen LogP contribution in [0, 0.1) is 6.92 Å². The van der Waals surface area contributed by atoms with E-state index in [1.165, 1.54) is 10.4 Å². The Morgan fingerprint density at radius 3 is 2.61 bits per heavy atom. The van der Waals surface area contributed by atoms with Crippen LogP contribution in [0.3, 0.4) is 0 Å². The molecule has 0 aliphatic carbocycles. The number of aliphatic hydroxyl groups is 1. The third kappa shape index (κ3) is 2.08. The molecular formula is C12H19NO4S. The normalized spacial score (nSPS) is 20.4. The number of rotatable bonds is 3. The molecule has 1 aliphatic heterocycles. The van der Waals surface area contributed by atoms with Gasteiger partial charge in [0.1, 0.15) is 23.0 Å². The van der Waals surface area contributed by atoms with Crippen molar-refractivity contribution < 1.29 is 17.9 Å². The van der Waals surface area contributed by atoms with Crippen LogP contribution in [0.1, 0.15) is 38.2 Å². The molecule has 1 aromatic rings. The third-order valence-electron chi connectivity index (χ3n) is 3.47. The van der Waals surface area contributed by atoms with Crippen molar-refractivity contribution in [1.29, 1.82) is 0 Å². The van der Waals surface area contributed by atoms with Crippen molar-refractivity contribution in [3.05, 3.63) is 17.6 Å². The molecule has 102 valence electrons. The van der Waals surface area contributed by atoms with Crippen LogP contribution in [-0.4, -0.2) is 29.9 Å². The molecule has 0 spiro atoms. The molecule has 5 nitrogen and oxygen atoms in total. The van der Waals surface area contributed by atoms with Crippen LogP contribution in [0.2, 0.25) is 0 Å². The maximum absolute atomic E-state index is 12.6. The highest BCUT2D eigenvalue weighted by Crippen LogP contribution is 2.35. The summed E-state index contributed by atoms with van der Waals surface area (Å²) in [4.78, 5) is 0.168. The van der Waals surface area contributed by atoms with Gasteiger partial charge in [0.2, 0.25) is 10.0 Å². The molecular weight excluding hydrogens is 254 g/mol. The van der Waals surface area contributed by atoms with E-state index >= 15 is 0 Å². The molecule has 6 heteroatoms. The van der Waals surface area contributed by atoms with E-state index in [1.54, 1.807) is 6.92 Å². The minimum absolute atomic E-state index is 0.168. The van der Waals surface area contributed by atoms with E-state index in [0.717, 1.165) is 12.8 Å². The molecule has 0 radical (unpaired) electrons. The summed E-state index contributed by atoms with van der Waals surface area (Å²) in [6, 6.07) is 1.42. The lowest BCUT2D eigenvalue weighted by Crippen LogP contribution is -2.42. The van der Waals surface area contributed by atoms with Crippen molar-refractivity contribution in [1.82, 2.24) is 4.31 Å². The first-order chi connectivity index (χ1) is 8.29. The van der Waals surface area contributed by atoms with Crippen LogP contribution in [0.5, 0.6) is 0 Å². The molecule has 0 unspecified atom stereocenters. The largest absolute Gasteiger partial charge is 0.462 e. The van der Waals surface area contributed by atoms with Gasteiger partial charge in [-0.1, -0.05) is 0 Å². The summed E-state index contributed by atoms with van der Waals surface area (Å²) in [6.45, 7) is 5.71. The Bertz CT molecular complexity index is 544. The predicted octanol–water partition coefficient (Wildman–Crippen LogP) is 1.64. The highest BCUT2D eigenvalue weighted by atomic mass is 32.2. The van der Waals surface area contributed by atoms with Gasteiger partial charge in [-0.25, -0.2) is 8.42 Å². The second kappa shape index (κ2) is 4.36. The standard InChI is InChI=1S/C12H19NO4S/c1-9-11(7-10(8-14)17-9)18(15,16)13-6-4-5-12(13,2)3/h7,14H,4-6,8H2,1-3H3. The number of furan rings is 1. The molecule has 0 saturated carbocycles. The Morgan fingerprint density at radius 2 is 2.17 bits per heavy atom. The molecule has 1 aromatic heterocycles. The van der Waals surface area contributed by atoms with Crippen LogP contribution in [0.25, 0.3) is 0 Å². The number of hydrogen-bond donors (Lipinski definition) is 1. The Morgan fingerprint density at radius 1 is 1.50 bits per heavy atom. The Hall–Kier alpha value is -0.850. The zero-order valence-electron chi connectivity index (χ0n) is 10.9. The molecule has 1 saturated heterocycles. The van der Waals surface area contributed by atoms with Crippen LogP contribution in [-0.2, 0) is 16.6 Å². The van der Waals surface area contributed by atoms with E-state index < -0.39 is 10.0 Å². The topological polar surface area (TPSA) is 70.8 Å². The molecule has 0 aromatic carbocycles. The molecule has 2 heterocycles. The molecule has 1 N–H and O–H groups in total. The maximum Gasteiger partial charge on any atom is 0.247 e. The van der Waals surface area contributed by atoms with Crippen LogP contribution >= 0.6 is 0 Å². The minimum Gasteiger partial charge on any atom is -0.462 e. The Balaban J connectivity index is 2.45. The molecule has 1 aliphatic rings. The van der Waals surface area contributed by atoms with E-state index in [0.29, 0.717) is 12.3 Å². The summed E-state index contributed by atoms with van der Waals surface area (Å²) in [7, 11) is -3.54. The Kier molecular flexibility index (Phi) is 3.29. The minimum atomic E-state index is -3.54. The quantitative estimate of drug-likeness (QED) is 0.909. The van der Waals surface area contributed by atoms with Gasteiger partial charge >= 0.3 is 0 Å². The lowest BCUT2D eigenvalue weighted by atomic mass is 10.0. The van der Waals surface area contributed by atoms with Gasteiger partial charge in [0.15, 0.2) is 0 Å². The molecule has 0 amide bonds. The van der Waals surface area contributed by atoms with Crippen molar-refractivity contribution in [2.75, 3.05) is 6.54 Å². The first-order valence-corrected chi connectivity index (χ1v) is 7.46. The highest BCUT2D eigenvalue weighted by Gasteiger charge is 2.42. The first kappa shape index (κ1) is 13.6. The fourth-order valence-corrected chi connectivity index (χ4v) is 4.54. The summed E-state index contributed by atoms with van der Waals surface area (Å²) >= 11 is 0. The van der Waals surface area contributed by atoms with E-state index in [1.807, 2.05) is 13.8 Å². The van der Waals surface area contributed by atoms with Crippen molar-refractivity contribution in [3.8, 4) is 0 Å².